The van der Waals surface area contributed by atoms with Crippen molar-refractivity contribution < 1.29 is 9.18 Å². The van der Waals surface area contributed by atoms with E-state index >= 15 is 0 Å². The van der Waals surface area contributed by atoms with Crippen molar-refractivity contribution in [2.75, 3.05) is 57.3 Å². The molecular formula is C20H30FN5O. The number of piperazine rings is 1. The predicted molar refractivity (Wildman–Crippen MR) is 107 cm³/mol. The lowest BCUT2D eigenvalue weighted by atomic mass is 10.2. The normalized spacial score (nSPS) is 18.4. The largest absolute Gasteiger partial charge is 0.366 e. The molecule has 0 saturated carbocycles. The van der Waals surface area contributed by atoms with Crippen molar-refractivity contribution in [3.63, 3.8) is 0 Å². The van der Waals surface area contributed by atoms with Crippen molar-refractivity contribution in [1.29, 1.82) is 0 Å². The van der Waals surface area contributed by atoms with Gasteiger partial charge in [0.15, 0.2) is 5.96 Å². The van der Waals surface area contributed by atoms with Gasteiger partial charge in [0, 0.05) is 58.8 Å². The Morgan fingerprint density at radius 2 is 1.96 bits per heavy atom. The van der Waals surface area contributed by atoms with Crippen LogP contribution in [0, 0.1) is 5.82 Å². The molecule has 1 amide bonds. The number of aliphatic imine (C=N–C) groups is 1. The molecule has 0 radical (unpaired) electrons. The number of nitrogens with zero attached hydrogens (tertiary/aromatic N) is 4. The van der Waals surface area contributed by atoms with Crippen LogP contribution >= 0.6 is 0 Å². The fraction of sp³-hybridized carbons (Fsp3) is 0.600. The van der Waals surface area contributed by atoms with Crippen molar-refractivity contribution >= 4 is 17.6 Å². The van der Waals surface area contributed by atoms with Gasteiger partial charge in [0.1, 0.15) is 5.82 Å². The lowest BCUT2D eigenvalue weighted by Crippen LogP contribution is -2.52. The number of para-hydroxylation sites is 1. The minimum Gasteiger partial charge on any atom is -0.366 e. The predicted octanol–water partition coefficient (Wildman–Crippen LogP) is 1.93. The number of nitrogens with one attached hydrogen (secondary N) is 1. The smallest absolute Gasteiger partial charge is 0.222 e. The maximum Gasteiger partial charge on any atom is 0.222 e. The summed E-state index contributed by atoms with van der Waals surface area (Å²) in [6.07, 6.45) is 2.56. The highest BCUT2D eigenvalue weighted by molar-refractivity contribution is 5.80. The maximum atomic E-state index is 14.0. The first-order chi connectivity index (χ1) is 13.2. The van der Waals surface area contributed by atoms with Crippen molar-refractivity contribution in [2.24, 2.45) is 4.99 Å². The first-order valence-corrected chi connectivity index (χ1v) is 9.99. The third-order valence-corrected chi connectivity index (χ3v) is 5.13. The molecule has 0 aromatic heterocycles. The first kappa shape index (κ1) is 19.5. The van der Waals surface area contributed by atoms with Gasteiger partial charge in [-0.05, 0) is 31.9 Å². The fourth-order valence-corrected chi connectivity index (χ4v) is 3.68. The molecule has 0 bridgehead atoms. The van der Waals surface area contributed by atoms with Gasteiger partial charge in [-0.2, -0.15) is 0 Å². The van der Waals surface area contributed by atoms with E-state index in [1.807, 2.05) is 17.0 Å². The van der Waals surface area contributed by atoms with Gasteiger partial charge >= 0.3 is 0 Å². The van der Waals surface area contributed by atoms with E-state index in [1.165, 1.54) is 6.07 Å². The Morgan fingerprint density at radius 3 is 2.63 bits per heavy atom. The minimum absolute atomic E-state index is 0.164. The topological polar surface area (TPSA) is 51.2 Å². The molecule has 2 saturated heterocycles. The third-order valence-electron chi connectivity index (χ3n) is 5.13. The molecular weight excluding hydrogens is 345 g/mol. The summed E-state index contributed by atoms with van der Waals surface area (Å²) >= 11 is 0. The summed E-state index contributed by atoms with van der Waals surface area (Å²) in [5.41, 5.74) is 0.675. The number of hydrogen-bond acceptors (Lipinski definition) is 3. The Morgan fingerprint density at radius 1 is 1.19 bits per heavy atom. The molecule has 0 aliphatic carbocycles. The molecule has 0 spiro atoms. The third kappa shape index (κ3) is 5.11. The van der Waals surface area contributed by atoms with E-state index in [4.69, 9.17) is 4.99 Å². The minimum atomic E-state index is -0.164. The zero-order valence-electron chi connectivity index (χ0n) is 16.2. The van der Waals surface area contributed by atoms with Crippen LogP contribution < -0.4 is 10.2 Å². The molecule has 2 aliphatic heterocycles. The van der Waals surface area contributed by atoms with E-state index in [0.717, 1.165) is 64.6 Å². The molecule has 6 nitrogen and oxygen atoms in total. The van der Waals surface area contributed by atoms with E-state index in [-0.39, 0.29) is 11.7 Å². The van der Waals surface area contributed by atoms with Crippen LogP contribution in [0.4, 0.5) is 10.1 Å². The second-order valence-corrected chi connectivity index (χ2v) is 7.00. The molecule has 3 rings (SSSR count). The molecule has 27 heavy (non-hydrogen) atoms. The standard InChI is InChI=1S/C20H30FN5O/c1-2-22-20(23-10-6-12-25-11-5-9-19(25)27)26-15-13-24(14-16-26)18-8-4-3-7-17(18)21/h3-4,7-8H,2,5-6,9-16H2,1H3,(H,22,23). The van der Waals surface area contributed by atoms with Crippen LogP contribution in [0.25, 0.3) is 0 Å². The van der Waals surface area contributed by atoms with E-state index in [0.29, 0.717) is 18.7 Å². The van der Waals surface area contributed by atoms with Gasteiger partial charge in [-0.3, -0.25) is 9.79 Å². The zero-order chi connectivity index (χ0) is 19.1. The van der Waals surface area contributed by atoms with Gasteiger partial charge in [-0.15, -0.1) is 0 Å². The Bertz CT molecular complexity index is 658. The number of carbonyl (C=O) groups is 1. The average Bonchev–Trinajstić information content (AvgIpc) is 3.10. The molecule has 1 aromatic rings. The van der Waals surface area contributed by atoms with Crippen LogP contribution in [-0.4, -0.2) is 74.0 Å². The summed E-state index contributed by atoms with van der Waals surface area (Å²) in [5.74, 6) is 1.02. The molecule has 1 N–H and O–H groups in total. The quantitative estimate of drug-likeness (QED) is 0.469. The van der Waals surface area contributed by atoms with Crippen molar-refractivity contribution in [3.05, 3.63) is 30.1 Å². The van der Waals surface area contributed by atoms with E-state index in [2.05, 4.69) is 22.0 Å². The average molecular weight is 375 g/mol. The van der Waals surface area contributed by atoms with Crippen LogP contribution in [0.5, 0.6) is 0 Å². The van der Waals surface area contributed by atoms with Crippen LogP contribution in [0.2, 0.25) is 0 Å². The molecule has 0 unspecified atom stereocenters. The number of carbonyl (C=O) groups excluding carboxylic acids is 1. The summed E-state index contributed by atoms with van der Waals surface area (Å²) in [4.78, 5) is 22.7. The zero-order valence-corrected chi connectivity index (χ0v) is 16.2. The highest BCUT2D eigenvalue weighted by Crippen LogP contribution is 2.20. The Labute approximate surface area is 161 Å². The van der Waals surface area contributed by atoms with Gasteiger partial charge in [-0.25, -0.2) is 4.39 Å². The van der Waals surface area contributed by atoms with Gasteiger partial charge < -0.3 is 20.0 Å². The second kappa shape index (κ2) is 9.58. The van der Waals surface area contributed by atoms with Crippen molar-refractivity contribution in [2.45, 2.75) is 26.2 Å². The van der Waals surface area contributed by atoms with E-state index in [1.54, 1.807) is 6.07 Å². The van der Waals surface area contributed by atoms with Gasteiger partial charge in [0.25, 0.3) is 0 Å². The number of amides is 1. The summed E-state index contributed by atoms with van der Waals surface area (Å²) in [5, 5.41) is 3.36. The molecule has 148 valence electrons. The SMILES string of the molecule is CCNC(=NCCCN1CCCC1=O)N1CCN(c2ccccc2F)CC1. The lowest BCUT2D eigenvalue weighted by Gasteiger charge is -2.37. The number of likely N-dealkylation sites (tertiary alicyclic amines) is 1. The fourth-order valence-electron chi connectivity index (χ4n) is 3.68. The van der Waals surface area contributed by atoms with Gasteiger partial charge in [0.05, 0.1) is 5.69 Å². The Kier molecular flexibility index (Phi) is 6.90. The van der Waals surface area contributed by atoms with Gasteiger partial charge in [0.2, 0.25) is 5.91 Å². The molecule has 2 aliphatic rings. The first-order valence-electron chi connectivity index (χ1n) is 9.99. The Balaban J connectivity index is 1.50. The summed E-state index contributed by atoms with van der Waals surface area (Å²) in [6.45, 7) is 8.44. The number of guanidine groups is 1. The lowest BCUT2D eigenvalue weighted by molar-refractivity contribution is -0.127. The van der Waals surface area contributed by atoms with E-state index < -0.39 is 0 Å². The van der Waals surface area contributed by atoms with Crippen molar-refractivity contribution in [3.8, 4) is 0 Å². The van der Waals surface area contributed by atoms with Gasteiger partial charge in [-0.1, -0.05) is 12.1 Å². The number of anilines is 1. The van der Waals surface area contributed by atoms with Crippen LogP contribution in [0.15, 0.2) is 29.3 Å². The molecule has 0 atom stereocenters. The summed E-state index contributed by atoms with van der Waals surface area (Å²) in [6, 6.07) is 6.95. The molecule has 1 aromatic carbocycles. The number of benzene rings is 1. The Hall–Kier alpha value is -2.31. The number of halogens is 1. The maximum absolute atomic E-state index is 14.0. The molecule has 7 heteroatoms. The summed E-state index contributed by atoms with van der Waals surface area (Å²) < 4.78 is 14.0. The van der Waals surface area contributed by atoms with E-state index in [9.17, 15) is 9.18 Å². The molecule has 2 fully saturated rings. The second-order valence-electron chi connectivity index (χ2n) is 7.00. The molecule has 2 heterocycles. The van der Waals surface area contributed by atoms with Crippen LogP contribution in [-0.2, 0) is 4.79 Å². The van der Waals surface area contributed by atoms with Crippen LogP contribution in [0.1, 0.15) is 26.2 Å². The number of rotatable bonds is 6. The monoisotopic (exact) mass is 375 g/mol. The highest BCUT2D eigenvalue weighted by Gasteiger charge is 2.22. The summed E-state index contributed by atoms with van der Waals surface area (Å²) in [7, 11) is 0. The highest BCUT2D eigenvalue weighted by atomic mass is 19.1. The number of hydrogen-bond donors (Lipinski definition) is 1. The van der Waals surface area contributed by atoms with Crippen molar-refractivity contribution in [1.82, 2.24) is 15.1 Å². The van der Waals surface area contributed by atoms with Crippen LogP contribution in [0.3, 0.4) is 0 Å².